The van der Waals surface area contributed by atoms with Crippen LogP contribution in [0.1, 0.15) is 24.0 Å². The Morgan fingerprint density at radius 1 is 1.22 bits per heavy atom. The summed E-state index contributed by atoms with van der Waals surface area (Å²) in [6, 6.07) is 5.03. The van der Waals surface area contributed by atoms with Crippen molar-refractivity contribution < 1.29 is 27.5 Å². The minimum atomic E-state index is -4.37. The second kappa shape index (κ2) is 7.24. The maximum atomic E-state index is 12.7. The highest BCUT2D eigenvalue weighted by molar-refractivity contribution is 5.83. The molecule has 5 nitrogen and oxygen atoms in total. The summed E-state index contributed by atoms with van der Waals surface area (Å²) in [7, 11) is 3.51. The largest absolute Gasteiger partial charge is 0.416 e. The van der Waals surface area contributed by atoms with E-state index in [4.69, 9.17) is 4.74 Å². The number of ether oxygens (including phenoxy) is 1. The van der Waals surface area contributed by atoms with Gasteiger partial charge in [-0.25, -0.2) is 0 Å². The molecule has 3 rings (SSSR count). The highest BCUT2D eigenvalue weighted by atomic mass is 19.4. The van der Waals surface area contributed by atoms with Gasteiger partial charge in [0, 0.05) is 19.5 Å². The standard InChI is InChI=1S/C19H23F3N2O3/c1-23(9-13-3-5-15(6-4-13)19(20,21)22)18(12-25)7-14(8-18)17(26)24(2)16-10-27-11-16/h3-6,12,14,16H,7-11H2,1-2H3. The summed E-state index contributed by atoms with van der Waals surface area (Å²) in [5, 5.41) is 0. The second-order valence-electron chi connectivity index (χ2n) is 7.52. The number of halogens is 3. The third-order valence-electron chi connectivity index (χ3n) is 5.75. The fourth-order valence-electron chi connectivity index (χ4n) is 3.61. The normalized spacial score (nSPS) is 25.6. The van der Waals surface area contributed by atoms with Gasteiger partial charge in [-0.15, -0.1) is 0 Å². The van der Waals surface area contributed by atoms with Crippen molar-refractivity contribution in [2.24, 2.45) is 5.92 Å². The van der Waals surface area contributed by atoms with Crippen LogP contribution in [0.15, 0.2) is 24.3 Å². The van der Waals surface area contributed by atoms with Gasteiger partial charge in [0.15, 0.2) is 0 Å². The number of likely N-dealkylation sites (N-methyl/N-ethyl adjacent to an activating group) is 2. The molecule has 1 amide bonds. The van der Waals surface area contributed by atoms with Gasteiger partial charge in [-0.3, -0.25) is 9.69 Å². The smallest absolute Gasteiger partial charge is 0.377 e. The molecule has 148 valence electrons. The van der Waals surface area contributed by atoms with E-state index in [2.05, 4.69) is 0 Å². The van der Waals surface area contributed by atoms with E-state index in [1.54, 1.807) is 19.0 Å². The molecule has 27 heavy (non-hydrogen) atoms. The van der Waals surface area contributed by atoms with Crippen molar-refractivity contribution in [3.05, 3.63) is 35.4 Å². The minimum absolute atomic E-state index is 0.0173. The molecular formula is C19H23F3N2O3. The molecule has 8 heteroatoms. The summed E-state index contributed by atoms with van der Waals surface area (Å²) < 4.78 is 43.1. The first-order chi connectivity index (χ1) is 12.7. The Bertz CT molecular complexity index is 695. The Balaban J connectivity index is 1.59. The predicted molar refractivity (Wildman–Crippen MR) is 91.8 cm³/mol. The molecule has 1 saturated heterocycles. The van der Waals surface area contributed by atoms with Gasteiger partial charge in [-0.05, 0) is 37.6 Å². The molecular weight excluding hydrogens is 361 g/mol. The molecule has 2 aliphatic rings. The van der Waals surface area contributed by atoms with Crippen LogP contribution in [0.2, 0.25) is 0 Å². The molecule has 0 spiro atoms. The number of carbonyl (C=O) groups is 2. The summed E-state index contributed by atoms with van der Waals surface area (Å²) in [5.41, 5.74) is -0.762. The van der Waals surface area contributed by atoms with E-state index in [0.29, 0.717) is 38.2 Å². The lowest BCUT2D eigenvalue weighted by Gasteiger charge is -2.50. The summed E-state index contributed by atoms with van der Waals surface area (Å²) in [4.78, 5) is 27.7. The Hall–Kier alpha value is -1.93. The first-order valence-electron chi connectivity index (χ1n) is 8.84. The van der Waals surface area contributed by atoms with Gasteiger partial charge in [-0.1, -0.05) is 12.1 Å². The fraction of sp³-hybridized carbons (Fsp3) is 0.579. The number of hydrogen-bond donors (Lipinski definition) is 0. The average molecular weight is 384 g/mol. The number of rotatable bonds is 6. The van der Waals surface area contributed by atoms with Crippen LogP contribution in [0.4, 0.5) is 13.2 Å². The maximum absolute atomic E-state index is 12.7. The lowest BCUT2D eigenvalue weighted by Crippen LogP contribution is -2.61. The Morgan fingerprint density at radius 3 is 2.26 bits per heavy atom. The summed E-state index contributed by atoms with van der Waals surface area (Å²) in [6.45, 7) is 1.42. The van der Waals surface area contributed by atoms with Gasteiger partial charge in [0.1, 0.15) is 6.29 Å². The third kappa shape index (κ3) is 3.87. The molecule has 1 aliphatic heterocycles. The number of carbonyl (C=O) groups excluding carboxylic acids is 2. The molecule has 0 radical (unpaired) electrons. The molecule has 0 bridgehead atoms. The van der Waals surface area contributed by atoms with Crippen LogP contribution in [0.25, 0.3) is 0 Å². The number of amides is 1. The zero-order chi connectivity index (χ0) is 19.8. The van der Waals surface area contributed by atoms with Crippen LogP contribution in [0, 0.1) is 5.92 Å². The second-order valence-corrected chi connectivity index (χ2v) is 7.52. The highest BCUT2D eigenvalue weighted by Gasteiger charge is 2.51. The molecule has 2 fully saturated rings. The van der Waals surface area contributed by atoms with E-state index in [1.165, 1.54) is 12.1 Å². The van der Waals surface area contributed by atoms with Gasteiger partial charge in [0.05, 0.1) is 30.4 Å². The Morgan fingerprint density at radius 2 is 1.81 bits per heavy atom. The molecule has 1 aromatic rings. The molecule has 0 aromatic heterocycles. The van der Waals surface area contributed by atoms with E-state index < -0.39 is 17.3 Å². The van der Waals surface area contributed by atoms with E-state index in [0.717, 1.165) is 18.4 Å². The van der Waals surface area contributed by atoms with Crippen molar-refractivity contribution in [2.75, 3.05) is 27.3 Å². The third-order valence-corrected chi connectivity index (χ3v) is 5.75. The molecule has 0 N–H and O–H groups in total. The van der Waals surface area contributed by atoms with Crippen molar-refractivity contribution in [1.29, 1.82) is 0 Å². The van der Waals surface area contributed by atoms with Crippen molar-refractivity contribution in [1.82, 2.24) is 9.80 Å². The minimum Gasteiger partial charge on any atom is -0.377 e. The SMILES string of the molecule is CN(C(=O)C1CC(C=O)(N(C)Cc2ccc(C(F)(F)F)cc2)C1)C1COC1. The maximum Gasteiger partial charge on any atom is 0.416 e. The number of hydrogen-bond acceptors (Lipinski definition) is 4. The number of aldehydes is 1. The van der Waals surface area contributed by atoms with E-state index in [-0.39, 0.29) is 17.9 Å². The Labute approximate surface area is 156 Å². The lowest BCUT2D eigenvalue weighted by atomic mass is 9.67. The monoisotopic (exact) mass is 384 g/mol. The van der Waals surface area contributed by atoms with Crippen LogP contribution >= 0.6 is 0 Å². The van der Waals surface area contributed by atoms with Crippen LogP contribution in [0.5, 0.6) is 0 Å². The Kier molecular flexibility index (Phi) is 5.31. The summed E-state index contributed by atoms with van der Waals surface area (Å²) in [5.74, 6) is -0.195. The van der Waals surface area contributed by atoms with Gasteiger partial charge in [0.25, 0.3) is 0 Å². The molecule has 1 aliphatic carbocycles. The van der Waals surface area contributed by atoms with Crippen molar-refractivity contribution in [3.63, 3.8) is 0 Å². The van der Waals surface area contributed by atoms with Gasteiger partial charge in [-0.2, -0.15) is 13.2 Å². The first kappa shape index (κ1) is 19.8. The topological polar surface area (TPSA) is 49.9 Å². The number of benzene rings is 1. The van der Waals surface area contributed by atoms with Crippen LogP contribution < -0.4 is 0 Å². The predicted octanol–water partition coefficient (Wildman–Crippen LogP) is 2.34. The van der Waals surface area contributed by atoms with Crippen LogP contribution in [0.3, 0.4) is 0 Å². The molecule has 1 aromatic carbocycles. The molecule has 1 saturated carbocycles. The van der Waals surface area contributed by atoms with Crippen LogP contribution in [-0.2, 0) is 27.0 Å². The number of nitrogens with zero attached hydrogens (tertiary/aromatic N) is 2. The van der Waals surface area contributed by atoms with Crippen LogP contribution in [-0.4, -0.2) is 60.9 Å². The molecule has 1 heterocycles. The van der Waals surface area contributed by atoms with E-state index >= 15 is 0 Å². The van der Waals surface area contributed by atoms with E-state index in [1.807, 2.05) is 4.90 Å². The fourth-order valence-corrected chi connectivity index (χ4v) is 3.61. The summed E-state index contributed by atoms with van der Waals surface area (Å²) in [6.07, 6.45) is -2.67. The zero-order valence-corrected chi connectivity index (χ0v) is 15.3. The van der Waals surface area contributed by atoms with Crippen molar-refractivity contribution in [3.8, 4) is 0 Å². The van der Waals surface area contributed by atoms with Crippen molar-refractivity contribution in [2.45, 2.75) is 37.1 Å². The quantitative estimate of drug-likeness (QED) is 0.707. The number of alkyl halides is 3. The van der Waals surface area contributed by atoms with Gasteiger partial charge < -0.3 is 14.4 Å². The first-order valence-corrected chi connectivity index (χ1v) is 8.84. The van der Waals surface area contributed by atoms with Gasteiger partial charge in [0.2, 0.25) is 5.91 Å². The zero-order valence-electron chi connectivity index (χ0n) is 15.3. The highest BCUT2D eigenvalue weighted by Crippen LogP contribution is 2.42. The molecule has 0 atom stereocenters. The average Bonchev–Trinajstić information content (AvgIpc) is 2.52. The molecule has 0 unspecified atom stereocenters. The lowest BCUT2D eigenvalue weighted by molar-refractivity contribution is -0.156. The van der Waals surface area contributed by atoms with Crippen molar-refractivity contribution >= 4 is 12.2 Å². The summed E-state index contributed by atoms with van der Waals surface area (Å²) >= 11 is 0. The van der Waals surface area contributed by atoms with Gasteiger partial charge >= 0.3 is 6.18 Å². The van der Waals surface area contributed by atoms with E-state index in [9.17, 15) is 22.8 Å².